The van der Waals surface area contributed by atoms with Gasteiger partial charge in [-0.3, -0.25) is 10.1 Å². The fourth-order valence-electron chi connectivity index (χ4n) is 1.96. The smallest absolute Gasteiger partial charge is 0.328 e. The number of pyridine rings is 1. The largest absolute Gasteiger partial charge is 0.464 e. The van der Waals surface area contributed by atoms with Gasteiger partial charge in [0.1, 0.15) is 17.9 Å². The predicted octanol–water partition coefficient (Wildman–Crippen LogP) is 2.51. The van der Waals surface area contributed by atoms with Crippen LogP contribution in [0.3, 0.4) is 0 Å². The lowest BCUT2D eigenvalue weighted by Gasteiger charge is -2.15. The fraction of sp³-hybridized carbons (Fsp3) is 0.286. The Bertz CT molecular complexity index is 687. The van der Waals surface area contributed by atoms with E-state index in [1.807, 2.05) is 0 Å². The molecule has 7 nitrogen and oxygen atoms in total. The highest BCUT2D eigenvalue weighted by Crippen LogP contribution is 2.31. The summed E-state index contributed by atoms with van der Waals surface area (Å²) in [5, 5.41) is 14.6. The van der Waals surface area contributed by atoms with Crippen LogP contribution in [0.2, 0.25) is 0 Å². The zero-order valence-corrected chi connectivity index (χ0v) is 11.7. The SMILES string of the molecule is CCOC(=O)C(C)Nc1c([N+](=O)[O-])cnc2ccccc12. The van der Waals surface area contributed by atoms with E-state index in [9.17, 15) is 14.9 Å². The first-order valence-corrected chi connectivity index (χ1v) is 6.50. The van der Waals surface area contributed by atoms with E-state index in [1.54, 1.807) is 38.1 Å². The van der Waals surface area contributed by atoms with Crippen LogP contribution in [0.1, 0.15) is 13.8 Å². The summed E-state index contributed by atoms with van der Waals surface area (Å²) in [6.45, 7) is 3.55. The maximum Gasteiger partial charge on any atom is 0.328 e. The Labute approximate surface area is 121 Å². The number of carbonyl (C=O) groups excluding carboxylic acids is 1. The molecule has 1 heterocycles. The van der Waals surface area contributed by atoms with Crippen molar-refractivity contribution >= 4 is 28.2 Å². The molecule has 0 amide bonds. The van der Waals surface area contributed by atoms with Crippen molar-refractivity contribution in [1.82, 2.24) is 4.98 Å². The van der Waals surface area contributed by atoms with Crippen LogP contribution >= 0.6 is 0 Å². The van der Waals surface area contributed by atoms with E-state index in [0.29, 0.717) is 10.9 Å². The molecule has 0 spiro atoms. The number of nitro groups is 1. The normalized spacial score (nSPS) is 11.9. The highest BCUT2D eigenvalue weighted by atomic mass is 16.6. The fourth-order valence-corrected chi connectivity index (χ4v) is 1.96. The molecule has 0 aliphatic rings. The summed E-state index contributed by atoms with van der Waals surface area (Å²) in [6, 6.07) is 6.32. The molecule has 0 saturated heterocycles. The second-order valence-electron chi connectivity index (χ2n) is 4.41. The third-order valence-electron chi connectivity index (χ3n) is 2.95. The van der Waals surface area contributed by atoms with E-state index in [1.165, 1.54) is 6.20 Å². The van der Waals surface area contributed by atoms with Crippen molar-refractivity contribution in [2.24, 2.45) is 0 Å². The molecular weight excluding hydrogens is 274 g/mol. The Morgan fingerprint density at radius 2 is 2.19 bits per heavy atom. The average Bonchev–Trinajstić information content (AvgIpc) is 2.47. The molecule has 0 radical (unpaired) electrons. The summed E-state index contributed by atoms with van der Waals surface area (Å²) in [7, 11) is 0. The molecule has 21 heavy (non-hydrogen) atoms. The van der Waals surface area contributed by atoms with E-state index < -0.39 is 16.9 Å². The summed E-state index contributed by atoms with van der Waals surface area (Å²) >= 11 is 0. The minimum Gasteiger partial charge on any atom is -0.464 e. The van der Waals surface area contributed by atoms with Gasteiger partial charge < -0.3 is 10.1 Å². The first-order valence-electron chi connectivity index (χ1n) is 6.50. The highest BCUT2D eigenvalue weighted by Gasteiger charge is 2.22. The van der Waals surface area contributed by atoms with Crippen LogP contribution in [0.15, 0.2) is 30.5 Å². The van der Waals surface area contributed by atoms with Gasteiger partial charge in [-0.2, -0.15) is 0 Å². The maximum absolute atomic E-state index is 11.7. The first kappa shape index (κ1) is 14.7. The molecule has 7 heteroatoms. The Morgan fingerprint density at radius 1 is 1.48 bits per heavy atom. The number of anilines is 1. The lowest BCUT2D eigenvalue weighted by atomic mass is 10.1. The number of nitrogens with zero attached hydrogens (tertiary/aromatic N) is 2. The van der Waals surface area contributed by atoms with Crippen LogP contribution < -0.4 is 5.32 Å². The van der Waals surface area contributed by atoms with E-state index >= 15 is 0 Å². The molecular formula is C14H15N3O4. The number of para-hydroxylation sites is 1. The van der Waals surface area contributed by atoms with Crippen molar-refractivity contribution in [3.05, 3.63) is 40.6 Å². The number of aromatic nitrogens is 1. The van der Waals surface area contributed by atoms with Crippen LogP contribution in [-0.2, 0) is 9.53 Å². The molecule has 0 fully saturated rings. The molecule has 0 aliphatic carbocycles. The van der Waals surface area contributed by atoms with Gasteiger partial charge in [-0.15, -0.1) is 0 Å². The monoisotopic (exact) mass is 289 g/mol. The molecule has 1 aromatic carbocycles. The Balaban J connectivity index is 2.47. The highest BCUT2D eigenvalue weighted by molar-refractivity contribution is 5.97. The number of hydrogen-bond donors (Lipinski definition) is 1. The van der Waals surface area contributed by atoms with Gasteiger partial charge in [-0.1, -0.05) is 18.2 Å². The standard InChI is InChI=1S/C14H15N3O4/c1-3-21-14(18)9(2)16-13-10-6-4-5-7-11(10)15-8-12(13)17(19)20/h4-9H,3H2,1-2H3,(H,15,16). The van der Waals surface area contributed by atoms with Crippen LogP contribution in [0.4, 0.5) is 11.4 Å². The van der Waals surface area contributed by atoms with Gasteiger partial charge in [-0.05, 0) is 19.9 Å². The number of carbonyl (C=O) groups is 1. The third-order valence-corrected chi connectivity index (χ3v) is 2.95. The van der Waals surface area contributed by atoms with Crippen molar-refractivity contribution in [2.45, 2.75) is 19.9 Å². The van der Waals surface area contributed by atoms with Gasteiger partial charge >= 0.3 is 11.7 Å². The molecule has 2 aromatic rings. The van der Waals surface area contributed by atoms with Crippen LogP contribution in [-0.4, -0.2) is 28.5 Å². The number of nitrogens with one attached hydrogen (secondary N) is 1. The van der Waals surface area contributed by atoms with Crippen molar-refractivity contribution in [3.8, 4) is 0 Å². The van der Waals surface area contributed by atoms with E-state index in [2.05, 4.69) is 10.3 Å². The number of esters is 1. The molecule has 1 atom stereocenters. The van der Waals surface area contributed by atoms with E-state index in [0.717, 1.165) is 0 Å². The summed E-state index contributed by atoms with van der Waals surface area (Å²) < 4.78 is 4.90. The summed E-state index contributed by atoms with van der Waals surface area (Å²) in [5.41, 5.74) is 0.706. The number of ether oxygens (including phenoxy) is 1. The topological polar surface area (TPSA) is 94.4 Å². The zero-order chi connectivity index (χ0) is 15.4. The minimum atomic E-state index is -0.700. The molecule has 1 unspecified atom stereocenters. The summed E-state index contributed by atoms with van der Waals surface area (Å²) in [5.74, 6) is -0.465. The minimum absolute atomic E-state index is 0.176. The van der Waals surface area contributed by atoms with Crippen molar-refractivity contribution in [1.29, 1.82) is 0 Å². The third kappa shape index (κ3) is 3.07. The maximum atomic E-state index is 11.7. The van der Waals surface area contributed by atoms with Gasteiger partial charge in [0.25, 0.3) is 0 Å². The molecule has 0 bridgehead atoms. The van der Waals surface area contributed by atoms with Crippen LogP contribution in [0, 0.1) is 10.1 Å². The first-order chi connectivity index (χ1) is 10.0. The molecule has 110 valence electrons. The summed E-state index contributed by atoms with van der Waals surface area (Å²) in [6.07, 6.45) is 1.18. The number of rotatable bonds is 5. The van der Waals surface area contributed by atoms with Crippen molar-refractivity contribution in [3.63, 3.8) is 0 Å². The zero-order valence-electron chi connectivity index (χ0n) is 11.7. The van der Waals surface area contributed by atoms with Gasteiger partial charge in [0.15, 0.2) is 0 Å². The van der Waals surface area contributed by atoms with E-state index in [4.69, 9.17) is 4.74 Å². The molecule has 2 rings (SSSR count). The van der Waals surface area contributed by atoms with E-state index in [-0.39, 0.29) is 18.0 Å². The van der Waals surface area contributed by atoms with Crippen LogP contribution in [0.5, 0.6) is 0 Å². The average molecular weight is 289 g/mol. The molecule has 0 saturated carbocycles. The Morgan fingerprint density at radius 3 is 2.86 bits per heavy atom. The number of benzene rings is 1. The lowest BCUT2D eigenvalue weighted by Crippen LogP contribution is -2.28. The van der Waals surface area contributed by atoms with Gasteiger partial charge in [-0.25, -0.2) is 9.78 Å². The lowest BCUT2D eigenvalue weighted by molar-refractivity contribution is -0.384. The molecule has 1 N–H and O–H groups in total. The quantitative estimate of drug-likeness (QED) is 0.516. The molecule has 1 aromatic heterocycles. The van der Waals surface area contributed by atoms with Crippen molar-refractivity contribution in [2.75, 3.05) is 11.9 Å². The van der Waals surface area contributed by atoms with Crippen molar-refractivity contribution < 1.29 is 14.5 Å². The molecule has 0 aliphatic heterocycles. The number of hydrogen-bond acceptors (Lipinski definition) is 6. The van der Waals surface area contributed by atoms with Crippen LogP contribution in [0.25, 0.3) is 10.9 Å². The number of fused-ring (bicyclic) bond motifs is 1. The second kappa shape index (κ2) is 6.17. The van der Waals surface area contributed by atoms with Gasteiger partial charge in [0.05, 0.1) is 17.0 Å². The Kier molecular flexibility index (Phi) is 4.32. The summed E-state index contributed by atoms with van der Waals surface area (Å²) in [4.78, 5) is 26.4. The second-order valence-corrected chi connectivity index (χ2v) is 4.41. The predicted molar refractivity (Wildman–Crippen MR) is 78.1 cm³/mol. The Hall–Kier alpha value is -2.70. The van der Waals surface area contributed by atoms with Gasteiger partial charge in [0, 0.05) is 5.39 Å². The van der Waals surface area contributed by atoms with Gasteiger partial charge in [0.2, 0.25) is 0 Å².